The average Bonchev–Trinajstić information content (AvgIpc) is 2.89. The highest BCUT2D eigenvalue weighted by molar-refractivity contribution is 5.73. The Bertz CT molecular complexity index is 547. The molecule has 0 saturated carbocycles. The fourth-order valence-electron chi connectivity index (χ4n) is 1.47. The van der Waals surface area contributed by atoms with Crippen molar-refractivity contribution in [3.05, 3.63) is 29.4 Å². The second kappa shape index (κ2) is 4.96. The third-order valence-electron chi connectivity index (χ3n) is 2.33. The number of hydrogen-bond donors (Lipinski definition) is 2. The Morgan fingerprint density at radius 3 is 3.06 bits per heavy atom. The highest BCUT2D eigenvalue weighted by Gasteiger charge is 2.14. The molecule has 2 heterocycles. The van der Waals surface area contributed by atoms with Gasteiger partial charge in [0.2, 0.25) is 0 Å². The van der Waals surface area contributed by atoms with Crippen molar-refractivity contribution in [1.29, 1.82) is 0 Å². The normalized spacial score (nSPS) is 12.6. The zero-order valence-electron chi connectivity index (χ0n) is 9.78. The largest absolute Gasteiger partial charge is 0.480 e. The highest BCUT2D eigenvalue weighted by atomic mass is 16.5. The molecule has 1 unspecified atom stereocenters. The zero-order chi connectivity index (χ0) is 13.1. The number of aliphatic carboxylic acids is 1. The SMILES string of the molecule is Cc1cc(Cn2cc(CC(N)C(=O)O)nn2)on1. The van der Waals surface area contributed by atoms with Gasteiger partial charge in [-0.2, -0.15) is 0 Å². The van der Waals surface area contributed by atoms with Crippen LogP contribution in [0, 0.1) is 6.92 Å². The van der Waals surface area contributed by atoms with Crippen LogP contribution in [0.5, 0.6) is 0 Å². The predicted octanol–water partition coefficient (Wildman–Crippen LogP) is -0.423. The molecule has 0 fully saturated rings. The van der Waals surface area contributed by atoms with E-state index in [0.29, 0.717) is 18.0 Å². The molecule has 0 aliphatic heterocycles. The standard InChI is InChI=1S/C10H13N5O3/c1-6-2-8(18-13-6)5-15-4-7(12-14-15)3-9(11)10(16)17/h2,4,9H,3,5,11H2,1H3,(H,16,17). The summed E-state index contributed by atoms with van der Waals surface area (Å²) in [6.45, 7) is 2.22. The van der Waals surface area contributed by atoms with Crippen molar-refractivity contribution in [3.8, 4) is 0 Å². The molecule has 0 aromatic carbocycles. The van der Waals surface area contributed by atoms with Crippen LogP contribution in [0.2, 0.25) is 0 Å². The summed E-state index contributed by atoms with van der Waals surface area (Å²) in [7, 11) is 0. The fourth-order valence-corrected chi connectivity index (χ4v) is 1.47. The number of nitrogens with zero attached hydrogens (tertiary/aromatic N) is 4. The molecule has 0 saturated heterocycles. The van der Waals surface area contributed by atoms with Crippen molar-refractivity contribution in [1.82, 2.24) is 20.2 Å². The summed E-state index contributed by atoms with van der Waals surface area (Å²) in [6, 6.07) is 0.826. The molecule has 1 atom stereocenters. The molecule has 2 aromatic heterocycles. The number of aromatic nitrogens is 4. The Balaban J connectivity index is 2.00. The summed E-state index contributed by atoms with van der Waals surface area (Å²) in [6.07, 6.45) is 1.78. The Labute approximate surface area is 102 Å². The first-order chi connectivity index (χ1) is 8.54. The average molecular weight is 251 g/mol. The molecule has 0 spiro atoms. The number of rotatable bonds is 5. The van der Waals surface area contributed by atoms with Crippen LogP contribution in [0.4, 0.5) is 0 Å². The smallest absolute Gasteiger partial charge is 0.320 e. The van der Waals surface area contributed by atoms with Gasteiger partial charge in [-0.3, -0.25) is 4.79 Å². The molecule has 0 radical (unpaired) electrons. The van der Waals surface area contributed by atoms with Crippen LogP contribution in [-0.2, 0) is 17.8 Å². The van der Waals surface area contributed by atoms with E-state index in [1.54, 1.807) is 16.9 Å². The van der Waals surface area contributed by atoms with Crippen LogP contribution >= 0.6 is 0 Å². The summed E-state index contributed by atoms with van der Waals surface area (Å²) >= 11 is 0. The number of hydrogen-bond acceptors (Lipinski definition) is 6. The minimum Gasteiger partial charge on any atom is -0.480 e. The number of nitrogens with two attached hydrogens (primary N) is 1. The molecule has 2 aromatic rings. The van der Waals surface area contributed by atoms with Gasteiger partial charge in [-0.1, -0.05) is 10.4 Å². The molecule has 0 amide bonds. The van der Waals surface area contributed by atoms with E-state index in [-0.39, 0.29) is 6.42 Å². The lowest BCUT2D eigenvalue weighted by Crippen LogP contribution is -2.32. The summed E-state index contributed by atoms with van der Waals surface area (Å²) < 4.78 is 6.58. The van der Waals surface area contributed by atoms with Crippen LogP contribution in [0.15, 0.2) is 16.8 Å². The Morgan fingerprint density at radius 2 is 2.44 bits per heavy atom. The van der Waals surface area contributed by atoms with Gasteiger partial charge in [0, 0.05) is 18.7 Å². The summed E-state index contributed by atoms with van der Waals surface area (Å²) in [5.41, 5.74) is 6.73. The highest BCUT2D eigenvalue weighted by Crippen LogP contribution is 2.05. The molecule has 3 N–H and O–H groups in total. The lowest BCUT2D eigenvalue weighted by atomic mass is 10.2. The Hall–Kier alpha value is -2.22. The van der Waals surface area contributed by atoms with Crippen LogP contribution in [-0.4, -0.2) is 37.3 Å². The van der Waals surface area contributed by atoms with E-state index in [9.17, 15) is 4.79 Å². The molecule has 8 heteroatoms. The fraction of sp³-hybridized carbons (Fsp3) is 0.400. The van der Waals surface area contributed by atoms with Gasteiger partial charge >= 0.3 is 5.97 Å². The van der Waals surface area contributed by atoms with Crippen molar-refractivity contribution >= 4 is 5.97 Å². The molecule has 0 bridgehead atoms. The second-order valence-electron chi connectivity index (χ2n) is 3.99. The van der Waals surface area contributed by atoms with Gasteiger partial charge in [-0.05, 0) is 6.92 Å². The summed E-state index contributed by atoms with van der Waals surface area (Å²) in [5, 5.41) is 20.2. The molecular formula is C10H13N5O3. The van der Waals surface area contributed by atoms with E-state index < -0.39 is 12.0 Å². The molecule has 0 aliphatic carbocycles. The van der Waals surface area contributed by atoms with E-state index in [1.807, 2.05) is 6.92 Å². The van der Waals surface area contributed by atoms with Gasteiger partial charge in [-0.25, -0.2) is 4.68 Å². The van der Waals surface area contributed by atoms with Gasteiger partial charge in [0.25, 0.3) is 0 Å². The number of aryl methyl sites for hydroxylation is 1. The van der Waals surface area contributed by atoms with E-state index in [0.717, 1.165) is 5.69 Å². The third-order valence-corrected chi connectivity index (χ3v) is 2.33. The molecular weight excluding hydrogens is 238 g/mol. The van der Waals surface area contributed by atoms with E-state index in [2.05, 4.69) is 15.5 Å². The molecule has 96 valence electrons. The topological polar surface area (TPSA) is 120 Å². The van der Waals surface area contributed by atoms with Gasteiger partial charge in [0.1, 0.15) is 12.6 Å². The summed E-state index contributed by atoms with van der Waals surface area (Å²) in [4.78, 5) is 10.6. The monoisotopic (exact) mass is 251 g/mol. The second-order valence-corrected chi connectivity index (χ2v) is 3.99. The van der Waals surface area contributed by atoms with Crippen LogP contribution in [0.1, 0.15) is 17.1 Å². The van der Waals surface area contributed by atoms with Gasteiger partial charge in [-0.15, -0.1) is 5.10 Å². The first-order valence-corrected chi connectivity index (χ1v) is 5.34. The van der Waals surface area contributed by atoms with E-state index in [4.69, 9.17) is 15.4 Å². The van der Waals surface area contributed by atoms with E-state index >= 15 is 0 Å². The van der Waals surface area contributed by atoms with Crippen molar-refractivity contribution in [2.75, 3.05) is 0 Å². The van der Waals surface area contributed by atoms with Crippen LogP contribution in [0.25, 0.3) is 0 Å². The third kappa shape index (κ3) is 2.92. The van der Waals surface area contributed by atoms with Gasteiger partial charge in [0.15, 0.2) is 5.76 Å². The van der Waals surface area contributed by atoms with Crippen molar-refractivity contribution in [3.63, 3.8) is 0 Å². The molecule has 2 rings (SSSR count). The van der Waals surface area contributed by atoms with Crippen LogP contribution < -0.4 is 5.73 Å². The van der Waals surface area contributed by atoms with Gasteiger partial charge in [0.05, 0.1) is 11.4 Å². The number of carboxylic acid groups (broad SMARTS) is 1. The maximum absolute atomic E-state index is 10.6. The molecule has 8 nitrogen and oxygen atoms in total. The number of carbonyl (C=O) groups is 1. The quantitative estimate of drug-likeness (QED) is 0.740. The van der Waals surface area contributed by atoms with Gasteiger partial charge < -0.3 is 15.4 Å². The Morgan fingerprint density at radius 1 is 1.67 bits per heavy atom. The predicted molar refractivity (Wildman–Crippen MR) is 59.7 cm³/mol. The number of carboxylic acids is 1. The van der Waals surface area contributed by atoms with Crippen molar-refractivity contribution in [2.45, 2.75) is 25.9 Å². The first-order valence-electron chi connectivity index (χ1n) is 5.34. The van der Waals surface area contributed by atoms with Crippen LogP contribution in [0.3, 0.4) is 0 Å². The lowest BCUT2D eigenvalue weighted by Gasteiger charge is -2.01. The minimum absolute atomic E-state index is 0.144. The minimum atomic E-state index is -1.06. The molecule has 18 heavy (non-hydrogen) atoms. The van der Waals surface area contributed by atoms with Crippen molar-refractivity contribution < 1.29 is 14.4 Å². The molecule has 0 aliphatic rings. The van der Waals surface area contributed by atoms with Crippen molar-refractivity contribution in [2.24, 2.45) is 5.73 Å². The maximum atomic E-state index is 10.6. The lowest BCUT2D eigenvalue weighted by molar-refractivity contribution is -0.138. The first kappa shape index (κ1) is 12.2. The Kier molecular flexibility index (Phi) is 3.38. The summed E-state index contributed by atoms with van der Waals surface area (Å²) in [5.74, 6) is -0.401. The van der Waals surface area contributed by atoms with E-state index in [1.165, 1.54) is 0 Å². The maximum Gasteiger partial charge on any atom is 0.320 e. The zero-order valence-corrected chi connectivity index (χ0v) is 9.78.